The van der Waals surface area contributed by atoms with Gasteiger partial charge in [-0.25, -0.2) is 0 Å². The van der Waals surface area contributed by atoms with Crippen molar-refractivity contribution in [3.8, 4) is 5.75 Å². The highest BCUT2D eigenvalue weighted by atomic mass is 35.5. The van der Waals surface area contributed by atoms with Crippen LogP contribution in [0.1, 0.15) is 12.8 Å². The van der Waals surface area contributed by atoms with Crippen LogP contribution in [0, 0.1) is 0 Å². The van der Waals surface area contributed by atoms with E-state index in [0.29, 0.717) is 10.8 Å². The first-order valence-electron chi connectivity index (χ1n) is 6.13. The number of benzene rings is 1. The number of rotatable bonds is 4. The van der Waals surface area contributed by atoms with Gasteiger partial charge in [0, 0.05) is 12.6 Å². The molecule has 0 unspecified atom stereocenters. The maximum Gasteiger partial charge on any atom is 0.258 e. The van der Waals surface area contributed by atoms with Gasteiger partial charge in [0.2, 0.25) is 0 Å². The van der Waals surface area contributed by atoms with Crippen molar-refractivity contribution in [1.29, 1.82) is 0 Å². The Morgan fingerprint density at radius 1 is 1.50 bits per heavy atom. The van der Waals surface area contributed by atoms with Gasteiger partial charge in [-0.3, -0.25) is 4.79 Å². The number of carbonyl (C=O) groups excluding carboxylic acids is 1. The summed E-state index contributed by atoms with van der Waals surface area (Å²) in [4.78, 5) is 11.7. The summed E-state index contributed by atoms with van der Waals surface area (Å²) < 4.78 is 5.38. The summed E-state index contributed by atoms with van der Waals surface area (Å²) in [5.41, 5.74) is 0. The van der Waals surface area contributed by atoms with Crippen LogP contribution in [0.15, 0.2) is 24.3 Å². The lowest BCUT2D eigenvalue weighted by atomic mass is 10.1. The van der Waals surface area contributed by atoms with Gasteiger partial charge in [0.25, 0.3) is 5.91 Å². The van der Waals surface area contributed by atoms with Crippen molar-refractivity contribution in [2.45, 2.75) is 18.9 Å². The van der Waals surface area contributed by atoms with E-state index in [1.54, 1.807) is 12.1 Å². The molecular weight excluding hydrogens is 252 g/mol. The van der Waals surface area contributed by atoms with E-state index in [9.17, 15) is 4.79 Å². The molecular formula is C13H17ClN2O2. The molecule has 1 amide bonds. The zero-order chi connectivity index (χ0) is 12.8. The number of piperidine rings is 1. The second-order valence-corrected chi connectivity index (χ2v) is 4.74. The van der Waals surface area contributed by atoms with E-state index in [-0.39, 0.29) is 18.6 Å². The first kappa shape index (κ1) is 13.2. The SMILES string of the molecule is O=C(COc1ccccc1Cl)N[C@H]1CCCNC1. The fraction of sp³-hybridized carbons (Fsp3) is 0.462. The lowest BCUT2D eigenvalue weighted by Gasteiger charge is -2.23. The van der Waals surface area contributed by atoms with Gasteiger partial charge >= 0.3 is 0 Å². The lowest BCUT2D eigenvalue weighted by molar-refractivity contribution is -0.123. The number of hydrogen-bond acceptors (Lipinski definition) is 3. The molecule has 1 saturated heterocycles. The van der Waals surface area contributed by atoms with Crippen LogP contribution in [0.5, 0.6) is 5.75 Å². The molecule has 1 aliphatic heterocycles. The molecule has 0 bridgehead atoms. The van der Waals surface area contributed by atoms with Gasteiger partial charge in [-0.2, -0.15) is 0 Å². The van der Waals surface area contributed by atoms with Gasteiger partial charge in [0.1, 0.15) is 5.75 Å². The van der Waals surface area contributed by atoms with Crippen LogP contribution in [-0.2, 0) is 4.79 Å². The Morgan fingerprint density at radius 3 is 3.06 bits per heavy atom. The number of halogens is 1. The Balaban J connectivity index is 1.76. The number of carbonyl (C=O) groups is 1. The van der Waals surface area contributed by atoms with Crippen LogP contribution in [-0.4, -0.2) is 31.6 Å². The van der Waals surface area contributed by atoms with Crippen LogP contribution in [0.25, 0.3) is 0 Å². The molecule has 2 N–H and O–H groups in total. The fourth-order valence-corrected chi connectivity index (χ4v) is 2.14. The molecule has 0 radical (unpaired) electrons. The topological polar surface area (TPSA) is 50.4 Å². The van der Waals surface area contributed by atoms with E-state index in [1.165, 1.54) is 0 Å². The highest BCUT2D eigenvalue weighted by Crippen LogP contribution is 2.22. The van der Waals surface area contributed by atoms with Gasteiger partial charge in [-0.05, 0) is 31.5 Å². The zero-order valence-electron chi connectivity index (χ0n) is 10.1. The van der Waals surface area contributed by atoms with Crippen molar-refractivity contribution in [1.82, 2.24) is 10.6 Å². The second kappa shape index (κ2) is 6.61. The standard InChI is InChI=1S/C13H17ClN2O2/c14-11-5-1-2-6-12(11)18-9-13(17)16-10-4-3-7-15-8-10/h1-2,5-6,10,15H,3-4,7-9H2,(H,16,17)/t10-/m0/s1. The van der Waals surface area contributed by atoms with Crippen molar-refractivity contribution in [3.63, 3.8) is 0 Å². The minimum absolute atomic E-state index is 0.000231. The van der Waals surface area contributed by atoms with E-state index in [2.05, 4.69) is 10.6 Å². The molecule has 1 aromatic carbocycles. The van der Waals surface area contributed by atoms with Crippen LogP contribution < -0.4 is 15.4 Å². The van der Waals surface area contributed by atoms with Gasteiger partial charge < -0.3 is 15.4 Å². The average Bonchev–Trinajstić information content (AvgIpc) is 2.39. The number of amides is 1. The van der Waals surface area contributed by atoms with E-state index < -0.39 is 0 Å². The van der Waals surface area contributed by atoms with Crippen LogP contribution in [0.2, 0.25) is 5.02 Å². The smallest absolute Gasteiger partial charge is 0.258 e. The number of ether oxygens (including phenoxy) is 1. The highest BCUT2D eigenvalue weighted by Gasteiger charge is 2.15. The van der Waals surface area contributed by atoms with E-state index >= 15 is 0 Å². The van der Waals surface area contributed by atoms with Crippen molar-refractivity contribution < 1.29 is 9.53 Å². The van der Waals surface area contributed by atoms with Crippen molar-refractivity contribution in [3.05, 3.63) is 29.3 Å². The van der Waals surface area contributed by atoms with Gasteiger partial charge in [0.15, 0.2) is 6.61 Å². The van der Waals surface area contributed by atoms with Crippen molar-refractivity contribution in [2.24, 2.45) is 0 Å². The van der Waals surface area contributed by atoms with Gasteiger partial charge in [-0.15, -0.1) is 0 Å². The maximum atomic E-state index is 11.7. The minimum atomic E-state index is -0.108. The summed E-state index contributed by atoms with van der Waals surface area (Å²) in [7, 11) is 0. The minimum Gasteiger partial charge on any atom is -0.482 e. The first-order valence-corrected chi connectivity index (χ1v) is 6.51. The Kier molecular flexibility index (Phi) is 4.84. The molecule has 18 heavy (non-hydrogen) atoms. The summed E-state index contributed by atoms with van der Waals surface area (Å²) in [6.45, 7) is 1.86. The monoisotopic (exact) mass is 268 g/mol. The van der Waals surface area contributed by atoms with Crippen LogP contribution >= 0.6 is 11.6 Å². The van der Waals surface area contributed by atoms with E-state index in [0.717, 1.165) is 25.9 Å². The summed E-state index contributed by atoms with van der Waals surface area (Å²) >= 11 is 5.93. The molecule has 1 aromatic rings. The quantitative estimate of drug-likeness (QED) is 0.872. The fourth-order valence-electron chi connectivity index (χ4n) is 1.95. The molecule has 98 valence electrons. The largest absolute Gasteiger partial charge is 0.482 e. The molecule has 1 aliphatic rings. The third-order valence-corrected chi connectivity index (χ3v) is 3.17. The predicted octanol–water partition coefficient (Wildman–Crippen LogP) is 1.59. The Bertz CT molecular complexity index is 406. The Labute approximate surface area is 112 Å². The normalized spacial score (nSPS) is 19.3. The van der Waals surface area contributed by atoms with Crippen molar-refractivity contribution >= 4 is 17.5 Å². The number of para-hydroxylation sites is 1. The van der Waals surface area contributed by atoms with E-state index in [1.807, 2.05) is 12.1 Å². The summed E-state index contributed by atoms with van der Waals surface area (Å²) in [5.74, 6) is 0.430. The summed E-state index contributed by atoms with van der Waals surface area (Å²) in [6.07, 6.45) is 2.11. The third-order valence-electron chi connectivity index (χ3n) is 2.86. The molecule has 0 spiro atoms. The first-order chi connectivity index (χ1) is 8.75. The van der Waals surface area contributed by atoms with Crippen molar-refractivity contribution in [2.75, 3.05) is 19.7 Å². The molecule has 2 rings (SSSR count). The van der Waals surface area contributed by atoms with Gasteiger partial charge in [-0.1, -0.05) is 23.7 Å². The lowest BCUT2D eigenvalue weighted by Crippen LogP contribution is -2.47. The summed E-state index contributed by atoms with van der Waals surface area (Å²) in [6, 6.07) is 7.34. The zero-order valence-corrected chi connectivity index (χ0v) is 10.9. The number of nitrogens with one attached hydrogen (secondary N) is 2. The molecule has 5 heteroatoms. The maximum absolute atomic E-state index is 11.7. The molecule has 0 saturated carbocycles. The Hall–Kier alpha value is -1.26. The highest BCUT2D eigenvalue weighted by molar-refractivity contribution is 6.32. The Morgan fingerprint density at radius 2 is 2.33 bits per heavy atom. The molecule has 1 heterocycles. The molecule has 0 aliphatic carbocycles. The van der Waals surface area contributed by atoms with Gasteiger partial charge in [0.05, 0.1) is 5.02 Å². The predicted molar refractivity (Wildman–Crippen MR) is 71.0 cm³/mol. The molecule has 1 atom stereocenters. The van der Waals surface area contributed by atoms with Crippen LogP contribution in [0.3, 0.4) is 0 Å². The van der Waals surface area contributed by atoms with Crippen LogP contribution in [0.4, 0.5) is 0 Å². The number of hydrogen-bond donors (Lipinski definition) is 2. The molecule has 1 fully saturated rings. The molecule has 4 nitrogen and oxygen atoms in total. The summed E-state index contributed by atoms with van der Waals surface area (Å²) in [5, 5.41) is 6.70. The molecule has 0 aromatic heterocycles. The average molecular weight is 269 g/mol. The third kappa shape index (κ3) is 3.89. The van der Waals surface area contributed by atoms with E-state index in [4.69, 9.17) is 16.3 Å². The second-order valence-electron chi connectivity index (χ2n) is 4.33.